The maximum atomic E-state index is 11.6. The Balaban J connectivity index is 1.82. The SMILES string of the molecule is CCCNC(=O)CCNC(=NC)NCc1oc2ccccc2c1C. The average molecular weight is 330 g/mol. The molecule has 1 aromatic heterocycles. The Morgan fingerprint density at radius 3 is 2.67 bits per heavy atom. The van der Waals surface area contributed by atoms with Crippen LogP contribution in [0, 0.1) is 6.92 Å². The van der Waals surface area contributed by atoms with Crippen molar-refractivity contribution in [2.45, 2.75) is 33.2 Å². The number of carbonyl (C=O) groups excluding carboxylic acids is 1. The monoisotopic (exact) mass is 330 g/mol. The highest BCUT2D eigenvalue weighted by molar-refractivity contribution is 5.83. The number of carbonyl (C=O) groups is 1. The lowest BCUT2D eigenvalue weighted by Crippen LogP contribution is -2.39. The van der Waals surface area contributed by atoms with Crippen LogP contribution in [-0.2, 0) is 11.3 Å². The summed E-state index contributed by atoms with van der Waals surface area (Å²) in [5, 5.41) is 10.3. The minimum Gasteiger partial charge on any atom is -0.459 e. The van der Waals surface area contributed by atoms with Gasteiger partial charge in [0.2, 0.25) is 5.91 Å². The number of nitrogens with zero attached hydrogens (tertiary/aromatic N) is 1. The largest absolute Gasteiger partial charge is 0.459 e. The van der Waals surface area contributed by atoms with Crippen LogP contribution in [0.5, 0.6) is 0 Å². The molecule has 6 heteroatoms. The predicted octanol–water partition coefficient (Wildman–Crippen LogP) is 2.32. The summed E-state index contributed by atoms with van der Waals surface area (Å²) in [5.41, 5.74) is 2.02. The number of benzene rings is 1. The summed E-state index contributed by atoms with van der Waals surface area (Å²) in [6, 6.07) is 7.99. The highest BCUT2D eigenvalue weighted by atomic mass is 16.3. The number of aliphatic imine (C=N–C) groups is 1. The van der Waals surface area contributed by atoms with Crippen LogP contribution in [0.4, 0.5) is 0 Å². The van der Waals surface area contributed by atoms with Crippen molar-refractivity contribution in [3.05, 3.63) is 35.6 Å². The lowest BCUT2D eigenvalue weighted by atomic mass is 10.1. The van der Waals surface area contributed by atoms with Gasteiger partial charge < -0.3 is 20.4 Å². The molecule has 2 aromatic rings. The quantitative estimate of drug-likeness (QED) is 0.538. The lowest BCUT2D eigenvalue weighted by molar-refractivity contribution is -0.120. The molecule has 0 spiro atoms. The van der Waals surface area contributed by atoms with E-state index in [1.54, 1.807) is 7.05 Å². The number of amides is 1. The molecule has 1 amide bonds. The number of hydrogen-bond donors (Lipinski definition) is 3. The third-order valence-electron chi connectivity index (χ3n) is 3.80. The van der Waals surface area contributed by atoms with Crippen LogP contribution in [-0.4, -0.2) is 32.0 Å². The molecule has 1 aromatic carbocycles. The van der Waals surface area contributed by atoms with Crippen LogP contribution in [0.25, 0.3) is 11.0 Å². The standard InChI is InChI=1S/C18H26N4O2/c1-4-10-20-17(23)9-11-21-18(19-3)22-12-16-13(2)14-7-5-6-8-15(14)24-16/h5-8H,4,9-12H2,1-3H3,(H,20,23)(H2,19,21,22). The van der Waals surface area contributed by atoms with Gasteiger partial charge in [-0.3, -0.25) is 9.79 Å². The van der Waals surface area contributed by atoms with Gasteiger partial charge in [0.25, 0.3) is 0 Å². The lowest BCUT2D eigenvalue weighted by Gasteiger charge is -2.11. The maximum Gasteiger partial charge on any atom is 0.221 e. The van der Waals surface area contributed by atoms with Gasteiger partial charge in [0.05, 0.1) is 6.54 Å². The van der Waals surface area contributed by atoms with Crippen molar-refractivity contribution in [2.75, 3.05) is 20.1 Å². The average Bonchev–Trinajstić information content (AvgIpc) is 2.92. The van der Waals surface area contributed by atoms with E-state index >= 15 is 0 Å². The summed E-state index contributed by atoms with van der Waals surface area (Å²) in [6.45, 7) is 5.88. The van der Waals surface area contributed by atoms with Crippen molar-refractivity contribution in [3.63, 3.8) is 0 Å². The molecule has 0 saturated heterocycles. The van der Waals surface area contributed by atoms with Gasteiger partial charge >= 0.3 is 0 Å². The number of hydrogen-bond acceptors (Lipinski definition) is 3. The molecule has 0 aliphatic rings. The molecule has 24 heavy (non-hydrogen) atoms. The van der Waals surface area contributed by atoms with Crippen LogP contribution in [0.1, 0.15) is 31.1 Å². The van der Waals surface area contributed by atoms with Gasteiger partial charge in [-0.1, -0.05) is 25.1 Å². The first-order chi connectivity index (χ1) is 11.7. The van der Waals surface area contributed by atoms with E-state index in [4.69, 9.17) is 4.42 Å². The fourth-order valence-corrected chi connectivity index (χ4v) is 2.43. The Morgan fingerprint density at radius 1 is 1.17 bits per heavy atom. The summed E-state index contributed by atoms with van der Waals surface area (Å²) >= 11 is 0. The molecule has 0 fully saturated rings. The van der Waals surface area contributed by atoms with E-state index in [0.29, 0.717) is 25.5 Å². The number of nitrogens with one attached hydrogen (secondary N) is 3. The molecular weight excluding hydrogens is 304 g/mol. The first-order valence-corrected chi connectivity index (χ1v) is 8.34. The van der Waals surface area contributed by atoms with Gasteiger partial charge in [0, 0.05) is 37.5 Å². The van der Waals surface area contributed by atoms with Crippen molar-refractivity contribution in [2.24, 2.45) is 4.99 Å². The molecule has 0 aliphatic carbocycles. The Kier molecular flexibility index (Phi) is 6.66. The van der Waals surface area contributed by atoms with Crippen molar-refractivity contribution < 1.29 is 9.21 Å². The Labute approximate surface area is 142 Å². The molecule has 6 nitrogen and oxygen atoms in total. The van der Waals surface area contributed by atoms with E-state index in [-0.39, 0.29) is 5.91 Å². The van der Waals surface area contributed by atoms with Crippen molar-refractivity contribution >= 4 is 22.8 Å². The Hall–Kier alpha value is -2.50. The molecular formula is C18H26N4O2. The Bertz CT molecular complexity index is 706. The van der Waals surface area contributed by atoms with E-state index in [1.807, 2.05) is 25.1 Å². The summed E-state index contributed by atoms with van der Waals surface area (Å²) < 4.78 is 5.87. The van der Waals surface area contributed by atoms with Crippen LogP contribution in [0.15, 0.2) is 33.7 Å². The number of furan rings is 1. The molecule has 1 heterocycles. The van der Waals surface area contributed by atoms with Crippen LogP contribution >= 0.6 is 0 Å². The predicted molar refractivity (Wildman–Crippen MR) is 97.1 cm³/mol. The Morgan fingerprint density at radius 2 is 1.96 bits per heavy atom. The summed E-state index contributed by atoms with van der Waals surface area (Å²) in [6.07, 6.45) is 1.36. The van der Waals surface area contributed by atoms with E-state index in [2.05, 4.69) is 33.9 Å². The molecule has 0 aliphatic heterocycles. The normalized spacial score (nSPS) is 11.5. The fourth-order valence-electron chi connectivity index (χ4n) is 2.43. The second-order valence-corrected chi connectivity index (χ2v) is 5.60. The van der Waals surface area contributed by atoms with Gasteiger partial charge in [0.15, 0.2) is 5.96 Å². The number of fused-ring (bicyclic) bond motifs is 1. The highest BCUT2D eigenvalue weighted by Crippen LogP contribution is 2.24. The van der Waals surface area contributed by atoms with E-state index in [0.717, 1.165) is 35.3 Å². The van der Waals surface area contributed by atoms with Crippen LogP contribution in [0.2, 0.25) is 0 Å². The van der Waals surface area contributed by atoms with Gasteiger partial charge in [-0.25, -0.2) is 0 Å². The van der Waals surface area contributed by atoms with Crippen molar-refractivity contribution in [3.8, 4) is 0 Å². The minimum atomic E-state index is 0.0490. The maximum absolute atomic E-state index is 11.6. The van der Waals surface area contributed by atoms with E-state index in [9.17, 15) is 4.79 Å². The molecule has 0 saturated carbocycles. The number of aryl methyl sites for hydroxylation is 1. The third kappa shape index (κ3) is 4.75. The molecule has 0 bridgehead atoms. The summed E-state index contributed by atoms with van der Waals surface area (Å²) in [4.78, 5) is 15.7. The first-order valence-electron chi connectivity index (χ1n) is 8.34. The fraction of sp³-hybridized carbons (Fsp3) is 0.444. The molecule has 3 N–H and O–H groups in total. The van der Waals surface area contributed by atoms with Crippen molar-refractivity contribution in [1.82, 2.24) is 16.0 Å². The van der Waals surface area contributed by atoms with Gasteiger partial charge in [-0.15, -0.1) is 0 Å². The zero-order valence-electron chi connectivity index (χ0n) is 14.6. The summed E-state index contributed by atoms with van der Waals surface area (Å²) in [5.74, 6) is 1.59. The number of rotatable bonds is 7. The zero-order chi connectivity index (χ0) is 17.4. The van der Waals surface area contributed by atoms with Crippen molar-refractivity contribution in [1.29, 1.82) is 0 Å². The first kappa shape index (κ1) is 17.8. The van der Waals surface area contributed by atoms with Gasteiger partial charge in [-0.05, 0) is 19.4 Å². The van der Waals surface area contributed by atoms with Crippen LogP contribution in [0.3, 0.4) is 0 Å². The highest BCUT2D eigenvalue weighted by Gasteiger charge is 2.10. The number of guanidine groups is 1. The van der Waals surface area contributed by atoms with E-state index in [1.165, 1.54) is 0 Å². The van der Waals surface area contributed by atoms with E-state index < -0.39 is 0 Å². The molecule has 0 atom stereocenters. The topological polar surface area (TPSA) is 78.7 Å². The molecule has 0 unspecified atom stereocenters. The number of para-hydroxylation sites is 1. The molecule has 2 rings (SSSR count). The zero-order valence-corrected chi connectivity index (χ0v) is 14.6. The second kappa shape index (κ2) is 8.96. The van der Waals surface area contributed by atoms with Gasteiger partial charge in [-0.2, -0.15) is 0 Å². The third-order valence-corrected chi connectivity index (χ3v) is 3.80. The van der Waals surface area contributed by atoms with Gasteiger partial charge in [0.1, 0.15) is 11.3 Å². The molecule has 0 radical (unpaired) electrons. The smallest absolute Gasteiger partial charge is 0.221 e. The molecule has 130 valence electrons. The minimum absolute atomic E-state index is 0.0490. The summed E-state index contributed by atoms with van der Waals surface area (Å²) in [7, 11) is 1.71. The second-order valence-electron chi connectivity index (χ2n) is 5.60. The van der Waals surface area contributed by atoms with Crippen LogP contribution < -0.4 is 16.0 Å².